The van der Waals surface area contributed by atoms with E-state index in [0.29, 0.717) is 16.9 Å². The zero-order valence-electron chi connectivity index (χ0n) is 14.6. The second kappa shape index (κ2) is 8.04. The number of nitrogens with zero attached hydrogens (tertiary/aromatic N) is 6. The van der Waals surface area contributed by atoms with Gasteiger partial charge in [0.25, 0.3) is 5.91 Å². The highest BCUT2D eigenvalue weighted by Crippen LogP contribution is 2.22. The maximum Gasteiger partial charge on any atom is 0.317 e. The molecule has 0 fully saturated rings. The fourth-order valence-corrected chi connectivity index (χ4v) is 2.57. The van der Waals surface area contributed by atoms with Gasteiger partial charge in [-0.05, 0) is 34.7 Å². The number of carbonyl (C=O) groups excluding carboxylic acids is 1. The fourth-order valence-electron chi connectivity index (χ4n) is 2.57. The number of amides is 1. The Bertz CT molecular complexity index is 1040. The summed E-state index contributed by atoms with van der Waals surface area (Å²) in [6, 6.07) is 18.1. The second-order valence-corrected chi connectivity index (χ2v) is 5.73. The molecule has 1 N–H and O–H groups in total. The van der Waals surface area contributed by atoms with Crippen molar-refractivity contribution < 1.29 is 9.53 Å². The number of benzene rings is 2. The third-order valence-electron chi connectivity index (χ3n) is 3.83. The number of rotatable bonds is 6. The van der Waals surface area contributed by atoms with E-state index in [-0.39, 0.29) is 11.9 Å². The van der Waals surface area contributed by atoms with Gasteiger partial charge in [0.05, 0.1) is 5.69 Å². The molecular weight excluding hydrogens is 358 g/mol. The van der Waals surface area contributed by atoms with E-state index in [0.717, 1.165) is 0 Å². The summed E-state index contributed by atoms with van der Waals surface area (Å²) in [5, 5.41) is 13.9. The standard InChI is InChI=1S/C19H15N7O2/c27-18(23-15-8-4-9-16(12-15)26-13-22-24-25-26)17(14-6-2-1-3-7-14)28-19-20-10-5-11-21-19/h1-13,17H,(H,23,27). The molecule has 2 heterocycles. The molecule has 9 nitrogen and oxygen atoms in total. The van der Waals surface area contributed by atoms with Gasteiger partial charge in [-0.3, -0.25) is 4.79 Å². The number of aromatic nitrogens is 6. The lowest BCUT2D eigenvalue weighted by atomic mass is 10.1. The van der Waals surface area contributed by atoms with Crippen LogP contribution in [0.5, 0.6) is 6.01 Å². The van der Waals surface area contributed by atoms with Crippen LogP contribution >= 0.6 is 0 Å². The van der Waals surface area contributed by atoms with Crippen molar-refractivity contribution in [3.8, 4) is 11.7 Å². The first-order chi connectivity index (χ1) is 13.8. The average molecular weight is 373 g/mol. The summed E-state index contributed by atoms with van der Waals surface area (Å²) in [5.41, 5.74) is 1.98. The first-order valence-electron chi connectivity index (χ1n) is 8.42. The summed E-state index contributed by atoms with van der Waals surface area (Å²) in [5.74, 6) is -0.354. The molecule has 4 aromatic rings. The molecule has 0 aliphatic heterocycles. The third kappa shape index (κ3) is 3.98. The maximum absolute atomic E-state index is 13.0. The minimum Gasteiger partial charge on any atom is -0.445 e. The van der Waals surface area contributed by atoms with Crippen LogP contribution in [0.2, 0.25) is 0 Å². The summed E-state index contributed by atoms with van der Waals surface area (Å²) in [6.45, 7) is 0. The Morgan fingerprint density at radius 1 is 1.00 bits per heavy atom. The second-order valence-electron chi connectivity index (χ2n) is 5.73. The van der Waals surface area contributed by atoms with Crippen molar-refractivity contribution in [2.45, 2.75) is 6.10 Å². The molecule has 1 unspecified atom stereocenters. The van der Waals surface area contributed by atoms with E-state index in [4.69, 9.17) is 4.74 Å². The lowest BCUT2D eigenvalue weighted by molar-refractivity contribution is -0.123. The zero-order valence-corrected chi connectivity index (χ0v) is 14.6. The zero-order chi connectivity index (χ0) is 19.2. The Balaban J connectivity index is 1.58. The van der Waals surface area contributed by atoms with E-state index >= 15 is 0 Å². The highest BCUT2D eigenvalue weighted by atomic mass is 16.5. The van der Waals surface area contributed by atoms with E-state index in [9.17, 15) is 4.79 Å². The Hall–Kier alpha value is -4.14. The van der Waals surface area contributed by atoms with Gasteiger partial charge in [0, 0.05) is 23.6 Å². The van der Waals surface area contributed by atoms with E-state index in [1.54, 1.807) is 36.7 Å². The Morgan fingerprint density at radius 2 is 1.82 bits per heavy atom. The largest absolute Gasteiger partial charge is 0.445 e. The number of hydrogen-bond donors (Lipinski definition) is 1. The molecule has 9 heteroatoms. The van der Waals surface area contributed by atoms with Gasteiger partial charge in [-0.15, -0.1) is 5.10 Å². The van der Waals surface area contributed by atoms with Crippen molar-refractivity contribution in [3.63, 3.8) is 0 Å². The number of ether oxygens (including phenoxy) is 1. The highest BCUT2D eigenvalue weighted by Gasteiger charge is 2.24. The van der Waals surface area contributed by atoms with Gasteiger partial charge in [0.2, 0.25) is 6.10 Å². The molecule has 2 aromatic heterocycles. The first-order valence-corrected chi connectivity index (χ1v) is 8.42. The third-order valence-corrected chi connectivity index (χ3v) is 3.83. The van der Waals surface area contributed by atoms with Crippen LogP contribution in [-0.4, -0.2) is 36.1 Å². The van der Waals surface area contributed by atoms with Crippen LogP contribution in [0, 0.1) is 0 Å². The number of carbonyl (C=O) groups is 1. The quantitative estimate of drug-likeness (QED) is 0.552. The number of anilines is 1. The number of hydrogen-bond acceptors (Lipinski definition) is 7. The fraction of sp³-hybridized carbons (Fsp3) is 0.0526. The van der Waals surface area contributed by atoms with E-state index < -0.39 is 6.10 Å². The molecule has 0 radical (unpaired) electrons. The Morgan fingerprint density at radius 3 is 2.57 bits per heavy atom. The van der Waals surface area contributed by atoms with Gasteiger partial charge in [0.15, 0.2) is 0 Å². The minimum atomic E-state index is -0.916. The molecule has 0 saturated carbocycles. The van der Waals surface area contributed by atoms with E-state index in [2.05, 4.69) is 30.8 Å². The lowest BCUT2D eigenvalue weighted by Gasteiger charge is -2.18. The lowest BCUT2D eigenvalue weighted by Crippen LogP contribution is -2.26. The van der Waals surface area contributed by atoms with Crippen LogP contribution in [0.1, 0.15) is 11.7 Å². The first kappa shape index (κ1) is 17.3. The molecule has 0 spiro atoms. The molecule has 0 aliphatic rings. The summed E-state index contributed by atoms with van der Waals surface area (Å²) in [4.78, 5) is 21.1. The summed E-state index contributed by atoms with van der Waals surface area (Å²) in [6.07, 6.45) is 3.67. The molecule has 1 atom stereocenters. The summed E-state index contributed by atoms with van der Waals surface area (Å²) < 4.78 is 7.26. The van der Waals surface area contributed by atoms with Crippen LogP contribution in [0.3, 0.4) is 0 Å². The predicted molar refractivity (Wildman–Crippen MR) is 99.6 cm³/mol. The van der Waals surface area contributed by atoms with Crippen molar-refractivity contribution in [2.75, 3.05) is 5.32 Å². The molecule has 1 amide bonds. The molecule has 138 valence electrons. The topological polar surface area (TPSA) is 108 Å². The average Bonchev–Trinajstić information content (AvgIpc) is 3.28. The Labute approximate surface area is 160 Å². The van der Waals surface area contributed by atoms with Gasteiger partial charge in [0.1, 0.15) is 6.33 Å². The van der Waals surface area contributed by atoms with Crippen molar-refractivity contribution in [3.05, 3.63) is 84.9 Å². The molecule has 2 aromatic carbocycles. The number of tetrazole rings is 1. The predicted octanol–water partition coefficient (Wildman–Crippen LogP) is 2.21. The van der Waals surface area contributed by atoms with E-state index in [1.165, 1.54) is 11.0 Å². The van der Waals surface area contributed by atoms with Crippen LogP contribution in [0.4, 0.5) is 5.69 Å². The summed E-state index contributed by atoms with van der Waals surface area (Å²) >= 11 is 0. The van der Waals surface area contributed by atoms with Crippen molar-refractivity contribution in [2.24, 2.45) is 0 Å². The molecule has 28 heavy (non-hydrogen) atoms. The van der Waals surface area contributed by atoms with Crippen molar-refractivity contribution >= 4 is 11.6 Å². The van der Waals surface area contributed by atoms with Crippen molar-refractivity contribution in [1.82, 2.24) is 30.2 Å². The molecule has 4 rings (SSSR count). The highest BCUT2D eigenvalue weighted by molar-refractivity contribution is 5.95. The number of nitrogens with one attached hydrogen (secondary N) is 1. The SMILES string of the molecule is O=C(Nc1cccc(-n2cnnn2)c1)C(Oc1ncccn1)c1ccccc1. The van der Waals surface area contributed by atoms with Gasteiger partial charge >= 0.3 is 6.01 Å². The van der Waals surface area contributed by atoms with Crippen LogP contribution in [0.15, 0.2) is 79.4 Å². The molecule has 0 bridgehead atoms. The van der Waals surface area contributed by atoms with Gasteiger partial charge in [-0.1, -0.05) is 36.4 Å². The maximum atomic E-state index is 13.0. The summed E-state index contributed by atoms with van der Waals surface area (Å²) in [7, 11) is 0. The van der Waals surface area contributed by atoms with Gasteiger partial charge < -0.3 is 10.1 Å². The van der Waals surface area contributed by atoms with Crippen LogP contribution in [-0.2, 0) is 4.79 Å². The normalized spacial score (nSPS) is 11.6. The van der Waals surface area contributed by atoms with Gasteiger partial charge in [-0.25, -0.2) is 14.6 Å². The smallest absolute Gasteiger partial charge is 0.317 e. The minimum absolute atomic E-state index is 0.119. The van der Waals surface area contributed by atoms with Crippen molar-refractivity contribution in [1.29, 1.82) is 0 Å². The molecule has 0 aliphatic carbocycles. The van der Waals surface area contributed by atoms with Gasteiger partial charge in [-0.2, -0.15) is 0 Å². The molecular formula is C19H15N7O2. The Kier molecular flexibility index (Phi) is 4.96. The van der Waals surface area contributed by atoms with Crippen LogP contribution in [0.25, 0.3) is 5.69 Å². The van der Waals surface area contributed by atoms with Crippen LogP contribution < -0.4 is 10.1 Å². The molecule has 0 saturated heterocycles. The van der Waals surface area contributed by atoms with E-state index in [1.807, 2.05) is 36.4 Å². The monoisotopic (exact) mass is 373 g/mol.